The molecule has 124 valence electrons. The first-order chi connectivity index (χ1) is 9.43. The van der Waals surface area contributed by atoms with Gasteiger partial charge in [0.15, 0.2) is 5.96 Å². The SMILES string of the molecule is COCC(C)NC(N)=NCC1CCC(C(=O)N(C)C)O1.I. The van der Waals surface area contributed by atoms with Gasteiger partial charge in [-0.05, 0) is 19.8 Å². The van der Waals surface area contributed by atoms with Gasteiger partial charge in [-0.25, -0.2) is 0 Å². The zero-order valence-electron chi connectivity index (χ0n) is 13.2. The zero-order chi connectivity index (χ0) is 15.1. The number of likely N-dealkylation sites (N-methyl/N-ethyl adjacent to an activating group) is 1. The molecule has 21 heavy (non-hydrogen) atoms. The smallest absolute Gasteiger partial charge is 0.251 e. The Morgan fingerprint density at radius 2 is 2.19 bits per heavy atom. The summed E-state index contributed by atoms with van der Waals surface area (Å²) in [4.78, 5) is 17.6. The van der Waals surface area contributed by atoms with Crippen molar-refractivity contribution in [2.24, 2.45) is 10.7 Å². The molecule has 8 heteroatoms. The van der Waals surface area contributed by atoms with E-state index in [1.54, 1.807) is 26.1 Å². The number of rotatable bonds is 6. The lowest BCUT2D eigenvalue weighted by Crippen LogP contribution is -2.41. The molecule has 3 N–H and O–H groups in total. The van der Waals surface area contributed by atoms with Crippen molar-refractivity contribution in [3.8, 4) is 0 Å². The van der Waals surface area contributed by atoms with Gasteiger partial charge in [0.1, 0.15) is 6.10 Å². The molecule has 0 radical (unpaired) electrons. The van der Waals surface area contributed by atoms with Gasteiger partial charge in [0.2, 0.25) is 0 Å². The number of carbonyl (C=O) groups is 1. The molecule has 0 saturated carbocycles. The van der Waals surface area contributed by atoms with Gasteiger partial charge in [0, 0.05) is 27.2 Å². The molecule has 1 aliphatic rings. The highest BCUT2D eigenvalue weighted by molar-refractivity contribution is 14.0. The van der Waals surface area contributed by atoms with Crippen LogP contribution in [-0.4, -0.2) is 69.4 Å². The third-order valence-corrected chi connectivity index (χ3v) is 3.10. The lowest BCUT2D eigenvalue weighted by molar-refractivity contribution is -0.140. The van der Waals surface area contributed by atoms with E-state index in [9.17, 15) is 4.79 Å². The molecule has 1 aliphatic heterocycles. The van der Waals surface area contributed by atoms with Crippen molar-refractivity contribution in [2.45, 2.75) is 38.0 Å². The van der Waals surface area contributed by atoms with Crippen molar-refractivity contribution in [1.82, 2.24) is 10.2 Å². The number of methoxy groups -OCH3 is 1. The van der Waals surface area contributed by atoms with Gasteiger partial charge in [-0.15, -0.1) is 24.0 Å². The summed E-state index contributed by atoms with van der Waals surface area (Å²) >= 11 is 0. The first-order valence-electron chi connectivity index (χ1n) is 6.86. The van der Waals surface area contributed by atoms with Crippen LogP contribution < -0.4 is 11.1 Å². The van der Waals surface area contributed by atoms with E-state index in [0.29, 0.717) is 19.1 Å². The Bertz CT molecular complexity index is 352. The quantitative estimate of drug-likeness (QED) is 0.368. The van der Waals surface area contributed by atoms with E-state index < -0.39 is 0 Å². The number of ether oxygens (including phenoxy) is 2. The van der Waals surface area contributed by atoms with Gasteiger partial charge in [0.25, 0.3) is 5.91 Å². The van der Waals surface area contributed by atoms with Gasteiger partial charge in [0.05, 0.1) is 19.3 Å². The molecule has 1 fully saturated rings. The molecular formula is C13H27IN4O3. The van der Waals surface area contributed by atoms with Crippen molar-refractivity contribution in [1.29, 1.82) is 0 Å². The van der Waals surface area contributed by atoms with Crippen molar-refractivity contribution >= 4 is 35.8 Å². The second-order valence-electron chi connectivity index (χ2n) is 5.28. The Morgan fingerprint density at radius 3 is 2.76 bits per heavy atom. The number of amides is 1. The fourth-order valence-electron chi connectivity index (χ4n) is 2.10. The monoisotopic (exact) mass is 414 g/mol. The summed E-state index contributed by atoms with van der Waals surface area (Å²) in [6, 6.07) is 0.108. The maximum Gasteiger partial charge on any atom is 0.251 e. The fraction of sp³-hybridized carbons (Fsp3) is 0.846. The van der Waals surface area contributed by atoms with Crippen LogP contribution in [0.1, 0.15) is 19.8 Å². The van der Waals surface area contributed by atoms with E-state index in [4.69, 9.17) is 15.2 Å². The van der Waals surface area contributed by atoms with E-state index >= 15 is 0 Å². The Morgan fingerprint density at radius 1 is 1.52 bits per heavy atom. The molecule has 1 heterocycles. The normalized spacial score (nSPS) is 23.3. The molecule has 0 bridgehead atoms. The maximum atomic E-state index is 11.8. The third kappa shape index (κ3) is 7.28. The highest BCUT2D eigenvalue weighted by Gasteiger charge is 2.31. The minimum absolute atomic E-state index is 0. The van der Waals surface area contributed by atoms with Crippen molar-refractivity contribution in [2.75, 3.05) is 34.4 Å². The van der Waals surface area contributed by atoms with Crippen LogP contribution in [0.15, 0.2) is 4.99 Å². The van der Waals surface area contributed by atoms with Crippen molar-refractivity contribution in [3.05, 3.63) is 0 Å². The average Bonchev–Trinajstić information content (AvgIpc) is 2.84. The summed E-state index contributed by atoms with van der Waals surface area (Å²) in [6.45, 7) is 3.00. The number of carbonyl (C=O) groups excluding carboxylic acids is 1. The van der Waals surface area contributed by atoms with Crippen LogP contribution in [0.2, 0.25) is 0 Å². The molecule has 0 aromatic carbocycles. The molecule has 7 nitrogen and oxygen atoms in total. The Labute approximate surface area is 143 Å². The Balaban J connectivity index is 0.00000400. The van der Waals surface area contributed by atoms with E-state index in [2.05, 4.69) is 10.3 Å². The van der Waals surface area contributed by atoms with Crippen LogP contribution in [-0.2, 0) is 14.3 Å². The van der Waals surface area contributed by atoms with Crippen LogP contribution in [0, 0.1) is 0 Å². The van der Waals surface area contributed by atoms with Crippen LogP contribution in [0.3, 0.4) is 0 Å². The van der Waals surface area contributed by atoms with E-state index in [0.717, 1.165) is 12.8 Å². The van der Waals surface area contributed by atoms with Crippen molar-refractivity contribution in [3.63, 3.8) is 0 Å². The van der Waals surface area contributed by atoms with Gasteiger partial charge in [-0.1, -0.05) is 0 Å². The number of guanidine groups is 1. The second-order valence-corrected chi connectivity index (χ2v) is 5.28. The number of hydrogen-bond donors (Lipinski definition) is 2. The summed E-state index contributed by atoms with van der Waals surface area (Å²) in [5, 5.41) is 3.03. The molecular weight excluding hydrogens is 387 g/mol. The van der Waals surface area contributed by atoms with Gasteiger partial charge in [-0.2, -0.15) is 0 Å². The van der Waals surface area contributed by atoms with E-state index in [1.807, 2.05) is 6.92 Å². The molecule has 0 spiro atoms. The molecule has 1 rings (SSSR count). The predicted molar refractivity (Wildman–Crippen MR) is 93.0 cm³/mol. The maximum absolute atomic E-state index is 11.8. The topological polar surface area (TPSA) is 89.2 Å². The second kappa shape index (κ2) is 10.2. The molecule has 3 atom stereocenters. The summed E-state index contributed by atoms with van der Waals surface area (Å²) < 4.78 is 10.7. The summed E-state index contributed by atoms with van der Waals surface area (Å²) in [5.74, 6) is 0.386. The first kappa shape index (κ1) is 20.4. The first-order valence-corrected chi connectivity index (χ1v) is 6.86. The average molecular weight is 414 g/mol. The number of hydrogen-bond acceptors (Lipinski definition) is 4. The number of halogens is 1. The molecule has 1 amide bonds. The standard InChI is InChI=1S/C13H26N4O3.HI/c1-9(8-19-4)16-13(14)15-7-10-5-6-11(20-10)12(18)17(2)3;/h9-11H,5-8H2,1-4H3,(H3,14,15,16);1H. The van der Waals surface area contributed by atoms with Crippen molar-refractivity contribution < 1.29 is 14.3 Å². The van der Waals surface area contributed by atoms with Crippen LogP contribution in [0.25, 0.3) is 0 Å². The molecule has 0 aliphatic carbocycles. The minimum Gasteiger partial charge on any atom is -0.383 e. The van der Waals surface area contributed by atoms with Crippen LogP contribution in [0.5, 0.6) is 0 Å². The number of nitrogens with zero attached hydrogens (tertiary/aromatic N) is 2. The van der Waals surface area contributed by atoms with Gasteiger partial charge >= 0.3 is 0 Å². The molecule has 0 aromatic rings. The largest absolute Gasteiger partial charge is 0.383 e. The number of nitrogens with one attached hydrogen (secondary N) is 1. The summed E-state index contributed by atoms with van der Waals surface area (Å²) in [5.41, 5.74) is 5.78. The van der Waals surface area contributed by atoms with E-state index in [1.165, 1.54) is 0 Å². The number of aliphatic imine (C=N–C) groups is 1. The van der Waals surface area contributed by atoms with Crippen LogP contribution >= 0.6 is 24.0 Å². The van der Waals surface area contributed by atoms with Gasteiger partial charge in [-0.3, -0.25) is 9.79 Å². The zero-order valence-corrected chi connectivity index (χ0v) is 15.5. The summed E-state index contributed by atoms with van der Waals surface area (Å²) in [7, 11) is 5.10. The highest BCUT2D eigenvalue weighted by Crippen LogP contribution is 2.21. The predicted octanol–water partition coefficient (Wildman–Crippen LogP) is 0.179. The van der Waals surface area contributed by atoms with Crippen LogP contribution in [0.4, 0.5) is 0 Å². The summed E-state index contributed by atoms with van der Waals surface area (Å²) in [6.07, 6.45) is 1.19. The number of nitrogens with two attached hydrogens (primary N) is 1. The Hall–Kier alpha value is -0.610. The molecule has 3 unspecified atom stereocenters. The fourth-order valence-corrected chi connectivity index (χ4v) is 2.10. The third-order valence-electron chi connectivity index (χ3n) is 3.10. The van der Waals surface area contributed by atoms with E-state index in [-0.39, 0.29) is 48.1 Å². The van der Waals surface area contributed by atoms with Gasteiger partial charge < -0.3 is 25.4 Å². The molecule has 0 aromatic heterocycles. The lowest BCUT2D eigenvalue weighted by atomic mass is 10.2. The lowest BCUT2D eigenvalue weighted by Gasteiger charge is -2.17. The highest BCUT2D eigenvalue weighted by atomic mass is 127. The molecule has 1 saturated heterocycles. The Kier molecular flexibility index (Phi) is 9.88. The minimum atomic E-state index is -0.341.